The summed E-state index contributed by atoms with van der Waals surface area (Å²) in [7, 11) is 1.37. The molecule has 1 aromatic carbocycles. The second-order valence-electron chi connectivity index (χ2n) is 3.24. The van der Waals surface area contributed by atoms with Crippen molar-refractivity contribution in [3.8, 4) is 0 Å². The normalized spacial score (nSPS) is 9.06. The Morgan fingerprint density at radius 1 is 1.50 bits per heavy atom. The summed E-state index contributed by atoms with van der Waals surface area (Å²) in [5, 5.41) is 0. The first-order valence-corrected chi connectivity index (χ1v) is 4.99. The van der Waals surface area contributed by atoms with Gasteiger partial charge in [0, 0.05) is 13.1 Å². The lowest BCUT2D eigenvalue weighted by atomic mass is 10.2. The van der Waals surface area contributed by atoms with Gasteiger partial charge in [-0.05, 0) is 11.6 Å². The molecule has 0 aliphatic rings. The Morgan fingerprint density at radius 3 is 2.75 bits per heavy atom. The number of amides is 1. The zero-order valence-corrected chi connectivity index (χ0v) is 9.35. The van der Waals surface area contributed by atoms with Gasteiger partial charge in [0.2, 0.25) is 0 Å². The van der Waals surface area contributed by atoms with E-state index in [9.17, 15) is 4.79 Å². The molecule has 1 amide bonds. The zero-order valence-electron chi connectivity index (χ0n) is 9.35. The van der Waals surface area contributed by atoms with Gasteiger partial charge in [0.15, 0.2) is 0 Å². The number of nitrogens with zero attached hydrogens (tertiary/aromatic N) is 1. The maximum absolute atomic E-state index is 11.5. The molecule has 0 bridgehead atoms. The molecule has 3 heteroatoms. The Morgan fingerprint density at radius 2 is 2.19 bits per heavy atom. The van der Waals surface area contributed by atoms with E-state index in [1.807, 2.05) is 30.3 Å². The lowest BCUT2D eigenvalue weighted by molar-refractivity contribution is 0.125. The van der Waals surface area contributed by atoms with Gasteiger partial charge in [-0.25, -0.2) is 4.79 Å². The summed E-state index contributed by atoms with van der Waals surface area (Å²) in [5.41, 5.74) is 3.70. The van der Waals surface area contributed by atoms with E-state index in [0.717, 1.165) is 5.56 Å². The van der Waals surface area contributed by atoms with Gasteiger partial charge in [0.1, 0.15) is 0 Å². The summed E-state index contributed by atoms with van der Waals surface area (Å²) in [4.78, 5) is 13.0. The minimum atomic E-state index is -0.352. The van der Waals surface area contributed by atoms with Crippen molar-refractivity contribution >= 4 is 6.09 Å². The zero-order chi connectivity index (χ0) is 11.8. The van der Waals surface area contributed by atoms with Gasteiger partial charge in [0.05, 0.1) is 7.11 Å². The number of carbonyl (C=O) groups is 1. The molecule has 0 aliphatic carbocycles. The predicted octanol–water partition coefficient (Wildman–Crippen LogP) is 2.60. The van der Waals surface area contributed by atoms with E-state index in [4.69, 9.17) is 4.74 Å². The fraction of sp³-hybridized carbons (Fsp3) is 0.231. The molecule has 0 fully saturated rings. The van der Waals surface area contributed by atoms with Crippen LogP contribution in [0, 0.1) is 0 Å². The van der Waals surface area contributed by atoms with Crippen LogP contribution in [0.4, 0.5) is 4.79 Å². The summed E-state index contributed by atoms with van der Waals surface area (Å²) in [6.45, 7) is 4.43. The highest BCUT2D eigenvalue weighted by molar-refractivity contribution is 5.67. The molecule has 0 atom stereocenters. The fourth-order valence-corrected chi connectivity index (χ4v) is 1.31. The van der Waals surface area contributed by atoms with Crippen LogP contribution in [0.15, 0.2) is 48.7 Å². The molecule has 16 heavy (non-hydrogen) atoms. The molecule has 0 spiro atoms. The first kappa shape index (κ1) is 12.1. The number of hydrogen-bond donors (Lipinski definition) is 0. The van der Waals surface area contributed by atoms with Crippen molar-refractivity contribution in [2.24, 2.45) is 0 Å². The highest BCUT2D eigenvalue weighted by atomic mass is 16.5. The lowest BCUT2D eigenvalue weighted by Gasteiger charge is -2.19. The van der Waals surface area contributed by atoms with Gasteiger partial charge < -0.3 is 4.74 Å². The van der Waals surface area contributed by atoms with Gasteiger partial charge in [-0.15, -0.1) is 5.73 Å². The third-order valence-corrected chi connectivity index (χ3v) is 2.11. The summed E-state index contributed by atoms with van der Waals surface area (Å²) in [6, 6.07) is 9.75. The SMILES string of the molecule is C=C=CCN(Cc1ccccc1)C(=O)OC. The number of hydrogen-bond acceptors (Lipinski definition) is 2. The number of carbonyl (C=O) groups excluding carboxylic acids is 1. The molecule has 0 radical (unpaired) electrons. The third kappa shape index (κ3) is 3.64. The van der Waals surface area contributed by atoms with Crippen LogP contribution in [0.2, 0.25) is 0 Å². The molecule has 3 nitrogen and oxygen atoms in total. The van der Waals surface area contributed by atoms with Gasteiger partial charge in [-0.1, -0.05) is 36.9 Å². The maximum atomic E-state index is 11.5. The molecule has 84 valence electrons. The standard InChI is InChI=1S/C13H15NO2/c1-3-4-10-14(13(15)16-2)11-12-8-6-5-7-9-12/h4-9H,1,10-11H2,2H3. The fourth-order valence-electron chi connectivity index (χ4n) is 1.31. The summed E-state index contributed by atoms with van der Waals surface area (Å²) in [5.74, 6) is 0. The molecule has 0 heterocycles. The van der Waals surface area contributed by atoms with Crippen molar-refractivity contribution in [2.75, 3.05) is 13.7 Å². The van der Waals surface area contributed by atoms with Crippen LogP contribution in [-0.4, -0.2) is 24.6 Å². The van der Waals surface area contributed by atoms with E-state index < -0.39 is 0 Å². The van der Waals surface area contributed by atoms with Crippen molar-refractivity contribution in [3.05, 3.63) is 54.3 Å². The Balaban J connectivity index is 2.70. The topological polar surface area (TPSA) is 29.5 Å². The minimum absolute atomic E-state index is 0.352. The lowest BCUT2D eigenvalue weighted by Crippen LogP contribution is -2.30. The molecule has 0 aromatic heterocycles. The summed E-state index contributed by atoms with van der Waals surface area (Å²) < 4.78 is 4.70. The van der Waals surface area contributed by atoms with E-state index >= 15 is 0 Å². The van der Waals surface area contributed by atoms with Crippen LogP contribution >= 0.6 is 0 Å². The molecule has 1 rings (SSSR count). The molecule has 0 aliphatic heterocycles. The van der Waals surface area contributed by atoms with Crippen molar-refractivity contribution in [1.82, 2.24) is 4.90 Å². The van der Waals surface area contributed by atoms with Crippen molar-refractivity contribution in [3.63, 3.8) is 0 Å². The largest absolute Gasteiger partial charge is 0.453 e. The Kier molecular flexibility index (Phi) is 4.90. The number of ether oxygens (including phenoxy) is 1. The van der Waals surface area contributed by atoms with E-state index in [1.54, 1.807) is 11.0 Å². The Bertz CT molecular complexity index is 380. The first-order chi connectivity index (χ1) is 7.77. The molecule has 0 saturated heterocycles. The van der Waals surface area contributed by atoms with Gasteiger partial charge >= 0.3 is 6.09 Å². The monoisotopic (exact) mass is 217 g/mol. The molecule has 0 N–H and O–H groups in total. The van der Waals surface area contributed by atoms with Crippen molar-refractivity contribution in [1.29, 1.82) is 0 Å². The second-order valence-corrected chi connectivity index (χ2v) is 3.24. The Labute approximate surface area is 95.6 Å². The van der Waals surface area contributed by atoms with Gasteiger partial charge in [-0.3, -0.25) is 4.90 Å². The van der Waals surface area contributed by atoms with Crippen LogP contribution in [0.1, 0.15) is 5.56 Å². The second kappa shape index (κ2) is 6.49. The molecular formula is C13H15NO2. The Hall–Kier alpha value is -1.99. The van der Waals surface area contributed by atoms with Crippen molar-refractivity contribution < 1.29 is 9.53 Å². The van der Waals surface area contributed by atoms with E-state index in [0.29, 0.717) is 13.1 Å². The summed E-state index contributed by atoms with van der Waals surface area (Å²) >= 11 is 0. The van der Waals surface area contributed by atoms with E-state index in [2.05, 4.69) is 12.3 Å². The predicted molar refractivity (Wildman–Crippen MR) is 63.0 cm³/mol. The van der Waals surface area contributed by atoms with Crippen LogP contribution in [0.3, 0.4) is 0 Å². The van der Waals surface area contributed by atoms with E-state index in [1.165, 1.54) is 7.11 Å². The molecule has 0 saturated carbocycles. The number of benzene rings is 1. The van der Waals surface area contributed by atoms with Gasteiger partial charge in [-0.2, -0.15) is 0 Å². The van der Waals surface area contributed by atoms with Crippen LogP contribution in [0.5, 0.6) is 0 Å². The maximum Gasteiger partial charge on any atom is 0.410 e. The minimum Gasteiger partial charge on any atom is -0.453 e. The van der Waals surface area contributed by atoms with Crippen LogP contribution in [0.25, 0.3) is 0 Å². The van der Waals surface area contributed by atoms with Crippen LogP contribution < -0.4 is 0 Å². The molecular weight excluding hydrogens is 202 g/mol. The highest BCUT2D eigenvalue weighted by Crippen LogP contribution is 2.05. The van der Waals surface area contributed by atoms with Crippen LogP contribution in [-0.2, 0) is 11.3 Å². The molecule has 1 aromatic rings. The number of methoxy groups -OCH3 is 1. The third-order valence-electron chi connectivity index (χ3n) is 2.11. The van der Waals surface area contributed by atoms with Gasteiger partial charge in [0.25, 0.3) is 0 Å². The smallest absolute Gasteiger partial charge is 0.410 e. The number of rotatable bonds is 4. The average molecular weight is 217 g/mol. The summed E-state index contributed by atoms with van der Waals surface area (Å²) in [6.07, 6.45) is 1.34. The average Bonchev–Trinajstić information content (AvgIpc) is 2.34. The first-order valence-electron chi connectivity index (χ1n) is 4.99. The quantitative estimate of drug-likeness (QED) is 0.725. The van der Waals surface area contributed by atoms with E-state index in [-0.39, 0.29) is 6.09 Å². The molecule has 0 unspecified atom stereocenters. The highest BCUT2D eigenvalue weighted by Gasteiger charge is 2.12. The van der Waals surface area contributed by atoms with Crippen molar-refractivity contribution in [2.45, 2.75) is 6.54 Å².